The van der Waals surface area contributed by atoms with Gasteiger partial charge in [0.15, 0.2) is 0 Å². The summed E-state index contributed by atoms with van der Waals surface area (Å²) in [4.78, 5) is 6.31. The number of carbonyl (C=O) groups is 1. The maximum atomic E-state index is 13.3. The predicted molar refractivity (Wildman–Crippen MR) is 36.5 cm³/mol. The summed E-state index contributed by atoms with van der Waals surface area (Å²) in [6.45, 7) is 0. The fraction of sp³-hybridized carbons (Fsp3) is 0.857. The topological polar surface area (TPSA) is 43.4 Å². The Kier molecular flexibility index (Phi) is 3.48. The highest BCUT2D eigenvalue weighted by molar-refractivity contribution is 5.76. The minimum absolute atomic E-state index is 3.73. The standard InChI is InChI=1S/C7HF12NO2/c8-2(1(21)22,5(13,14)15)20-6(16,17)3(9,10)4(11,12)7(20,18)19/h(H,21,22)/p-1. The van der Waals surface area contributed by atoms with Crippen molar-refractivity contribution in [2.75, 3.05) is 0 Å². The van der Waals surface area contributed by atoms with Gasteiger partial charge in [0.25, 0.3) is 0 Å². The van der Waals surface area contributed by atoms with Gasteiger partial charge in [-0.2, -0.15) is 48.3 Å². The molecule has 0 N–H and O–H groups in total. The monoisotopic (exact) mass is 358 g/mol. The Balaban J connectivity index is 3.82. The Hall–Kier alpha value is -1.41. The summed E-state index contributed by atoms with van der Waals surface area (Å²) < 4.78 is 152. The summed E-state index contributed by atoms with van der Waals surface area (Å²) in [5.74, 6) is -25.9. The third kappa shape index (κ3) is 1.68. The van der Waals surface area contributed by atoms with E-state index < -0.39 is 46.8 Å². The highest BCUT2D eigenvalue weighted by Crippen LogP contribution is 2.66. The van der Waals surface area contributed by atoms with E-state index in [1.807, 2.05) is 0 Å². The van der Waals surface area contributed by atoms with Gasteiger partial charge in [0, 0.05) is 0 Å². The van der Waals surface area contributed by atoms with Gasteiger partial charge in [-0.3, -0.25) is 0 Å². The molecule has 0 bridgehead atoms. The van der Waals surface area contributed by atoms with Crippen molar-refractivity contribution >= 4 is 5.97 Å². The van der Waals surface area contributed by atoms with E-state index in [9.17, 15) is 62.6 Å². The van der Waals surface area contributed by atoms with Crippen LogP contribution in [0.3, 0.4) is 0 Å². The lowest BCUT2D eigenvalue weighted by Gasteiger charge is -2.41. The van der Waals surface area contributed by atoms with Gasteiger partial charge in [-0.15, -0.1) is 4.90 Å². The third-order valence-corrected chi connectivity index (χ3v) is 2.67. The molecule has 1 heterocycles. The van der Waals surface area contributed by atoms with E-state index in [-0.39, 0.29) is 0 Å². The van der Waals surface area contributed by atoms with Crippen LogP contribution >= 0.6 is 0 Å². The molecule has 0 saturated carbocycles. The van der Waals surface area contributed by atoms with E-state index >= 15 is 0 Å². The molecule has 1 saturated heterocycles. The molecule has 1 unspecified atom stereocenters. The molecule has 1 fully saturated rings. The van der Waals surface area contributed by atoms with Crippen LogP contribution in [0.2, 0.25) is 0 Å². The van der Waals surface area contributed by atoms with Crippen LogP contribution in [-0.2, 0) is 4.79 Å². The average Bonchev–Trinajstić information content (AvgIpc) is 2.31. The third-order valence-electron chi connectivity index (χ3n) is 2.67. The summed E-state index contributed by atoms with van der Waals surface area (Å²) in [6.07, 6.45) is -7.24. The van der Waals surface area contributed by atoms with Gasteiger partial charge < -0.3 is 9.90 Å². The molecule has 0 aromatic heterocycles. The second kappa shape index (κ2) is 4.11. The van der Waals surface area contributed by atoms with E-state index in [0.29, 0.717) is 0 Å². The molecule has 1 aliphatic heterocycles. The molecule has 3 nitrogen and oxygen atoms in total. The Morgan fingerprint density at radius 1 is 0.773 bits per heavy atom. The zero-order chi connectivity index (χ0) is 18.2. The first-order chi connectivity index (χ1) is 9.31. The highest BCUT2D eigenvalue weighted by atomic mass is 19.4. The minimum atomic E-state index is -7.24. The van der Waals surface area contributed by atoms with E-state index in [1.165, 1.54) is 0 Å². The van der Waals surface area contributed by atoms with Crippen molar-refractivity contribution in [2.24, 2.45) is 0 Å². The molecule has 0 radical (unpaired) electrons. The number of carboxylic acids is 1. The van der Waals surface area contributed by atoms with Crippen LogP contribution in [0, 0.1) is 0 Å². The molecule has 1 rings (SSSR count). The van der Waals surface area contributed by atoms with Crippen molar-refractivity contribution in [3.8, 4) is 0 Å². The van der Waals surface area contributed by atoms with Crippen molar-refractivity contribution in [2.45, 2.75) is 35.9 Å². The first kappa shape index (κ1) is 18.6. The predicted octanol–water partition coefficient (Wildman–Crippen LogP) is 1.74. The van der Waals surface area contributed by atoms with Gasteiger partial charge >= 0.3 is 35.9 Å². The van der Waals surface area contributed by atoms with Crippen molar-refractivity contribution in [3.05, 3.63) is 0 Å². The minimum Gasteiger partial charge on any atom is -0.545 e. The maximum absolute atomic E-state index is 13.3. The molecule has 15 heteroatoms. The van der Waals surface area contributed by atoms with Gasteiger partial charge in [-0.05, 0) is 0 Å². The molecule has 22 heavy (non-hydrogen) atoms. The molecular weight excluding hydrogens is 358 g/mol. The van der Waals surface area contributed by atoms with E-state index in [1.54, 1.807) is 0 Å². The molecule has 0 spiro atoms. The Labute approximate surface area is 111 Å². The maximum Gasteiger partial charge on any atom is 0.442 e. The van der Waals surface area contributed by atoms with Crippen LogP contribution in [0.1, 0.15) is 0 Å². The van der Waals surface area contributed by atoms with Crippen molar-refractivity contribution in [1.82, 2.24) is 4.90 Å². The number of hydrogen-bond donors (Lipinski definition) is 0. The van der Waals surface area contributed by atoms with Gasteiger partial charge in [0.1, 0.15) is 5.97 Å². The largest absolute Gasteiger partial charge is 0.545 e. The molecule has 0 amide bonds. The highest BCUT2D eigenvalue weighted by Gasteiger charge is 2.97. The number of rotatable bonds is 2. The number of likely N-dealkylation sites (tertiary alicyclic amines) is 1. The lowest BCUT2D eigenvalue weighted by molar-refractivity contribution is -0.416. The average molecular weight is 358 g/mol. The summed E-state index contributed by atoms with van der Waals surface area (Å²) in [5.41, 5.74) is 0. The number of carboxylic acid groups (broad SMARTS) is 1. The van der Waals surface area contributed by atoms with Crippen molar-refractivity contribution in [1.29, 1.82) is 0 Å². The first-order valence-electron chi connectivity index (χ1n) is 4.60. The molecule has 1 aliphatic rings. The quantitative estimate of drug-likeness (QED) is 0.558. The van der Waals surface area contributed by atoms with E-state index in [0.717, 1.165) is 0 Å². The van der Waals surface area contributed by atoms with Crippen LogP contribution in [0.4, 0.5) is 52.7 Å². The second-order valence-electron chi connectivity index (χ2n) is 3.97. The van der Waals surface area contributed by atoms with Gasteiger partial charge in [-0.1, -0.05) is 0 Å². The number of alkyl halides is 12. The fourth-order valence-corrected chi connectivity index (χ4v) is 1.56. The summed E-state index contributed by atoms with van der Waals surface area (Å²) in [5, 5.41) is 10.0. The zero-order valence-electron chi connectivity index (χ0n) is 9.30. The van der Waals surface area contributed by atoms with Crippen LogP contribution in [0.5, 0.6) is 0 Å². The smallest absolute Gasteiger partial charge is 0.442 e. The van der Waals surface area contributed by atoms with Crippen LogP contribution < -0.4 is 5.11 Å². The Morgan fingerprint density at radius 2 is 1.05 bits per heavy atom. The first-order valence-corrected chi connectivity index (χ1v) is 4.60. The summed E-state index contributed by atoms with van der Waals surface area (Å²) in [6, 6.07) is -14.4. The van der Waals surface area contributed by atoms with Gasteiger partial charge in [0.05, 0.1) is 0 Å². The van der Waals surface area contributed by atoms with Crippen molar-refractivity contribution in [3.63, 3.8) is 0 Å². The number of carbonyl (C=O) groups excluding carboxylic acids is 1. The normalized spacial score (nSPS) is 29.1. The fourth-order valence-electron chi connectivity index (χ4n) is 1.56. The van der Waals surface area contributed by atoms with Gasteiger partial charge in [0.2, 0.25) is 0 Å². The number of aliphatic carboxylic acids is 1. The number of hydrogen-bond acceptors (Lipinski definition) is 3. The number of nitrogens with zero attached hydrogens (tertiary/aromatic N) is 1. The second-order valence-corrected chi connectivity index (χ2v) is 3.97. The molecule has 0 aromatic rings. The summed E-state index contributed by atoms with van der Waals surface area (Å²) >= 11 is 0. The van der Waals surface area contributed by atoms with Gasteiger partial charge in [-0.25, -0.2) is 4.39 Å². The SMILES string of the molecule is O=C([O-])C(F)(N1C(F)(F)C(F)(F)C(F)(F)C1(F)F)C(F)(F)F. The van der Waals surface area contributed by atoms with Crippen molar-refractivity contribution < 1.29 is 62.6 Å². The lowest BCUT2D eigenvalue weighted by atomic mass is 10.2. The molecule has 130 valence electrons. The zero-order valence-corrected chi connectivity index (χ0v) is 9.30. The van der Waals surface area contributed by atoms with Crippen LogP contribution in [0.15, 0.2) is 0 Å². The Morgan fingerprint density at radius 3 is 1.23 bits per heavy atom. The molecule has 0 aliphatic carbocycles. The molecule has 0 aromatic carbocycles. The van der Waals surface area contributed by atoms with E-state index in [2.05, 4.69) is 0 Å². The summed E-state index contributed by atoms with van der Waals surface area (Å²) in [7, 11) is 0. The molecule has 1 atom stereocenters. The molecular formula is C7F12NO2-. The lowest BCUT2D eigenvalue weighted by Crippen LogP contribution is -2.72. The van der Waals surface area contributed by atoms with Crippen LogP contribution in [-0.4, -0.2) is 46.8 Å². The number of halogens is 12. The Bertz CT molecular complexity index is 472. The van der Waals surface area contributed by atoms with E-state index in [4.69, 9.17) is 0 Å². The van der Waals surface area contributed by atoms with Crippen LogP contribution in [0.25, 0.3) is 0 Å².